The number of likely N-dealkylation sites (tertiary alicyclic amines) is 1. The third-order valence-electron chi connectivity index (χ3n) is 5.44. The molecule has 132 valence electrons. The Hall–Kier alpha value is -1.75. The van der Waals surface area contributed by atoms with E-state index in [-0.39, 0.29) is 16.7 Å². The van der Waals surface area contributed by atoms with Crippen molar-refractivity contribution in [1.82, 2.24) is 9.80 Å². The van der Waals surface area contributed by atoms with E-state index >= 15 is 0 Å². The zero-order chi connectivity index (χ0) is 17.3. The second-order valence-electron chi connectivity index (χ2n) is 7.13. The topological polar surface area (TPSA) is 40.6 Å². The van der Waals surface area contributed by atoms with Crippen LogP contribution < -0.4 is 0 Å². The predicted molar refractivity (Wildman–Crippen MR) is 101 cm³/mol. The highest BCUT2D eigenvalue weighted by Crippen LogP contribution is 2.44. The highest BCUT2D eigenvalue weighted by atomic mass is 32.2. The first-order chi connectivity index (χ1) is 12.2. The number of amides is 2. The fourth-order valence-corrected chi connectivity index (χ4v) is 5.28. The molecule has 0 atom stereocenters. The first kappa shape index (κ1) is 16.7. The molecule has 0 bridgehead atoms. The van der Waals surface area contributed by atoms with Crippen LogP contribution in [0.1, 0.15) is 31.2 Å². The van der Waals surface area contributed by atoms with Gasteiger partial charge in [-0.3, -0.25) is 9.59 Å². The van der Waals surface area contributed by atoms with Gasteiger partial charge in [-0.2, -0.15) is 0 Å². The average Bonchev–Trinajstić information content (AvgIpc) is 3.43. The fraction of sp³-hybridized carbons (Fsp3) is 0.500. The Balaban J connectivity index is 1.41. The van der Waals surface area contributed by atoms with Crippen molar-refractivity contribution in [2.45, 2.75) is 30.6 Å². The zero-order valence-electron chi connectivity index (χ0n) is 14.4. The Morgan fingerprint density at radius 2 is 1.80 bits per heavy atom. The minimum absolute atomic E-state index is 0.0934. The van der Waals surface area contributed by atoms with Crippen molar-refractivity contribution in [2.75, 3.05) is 25.4 Å². The Bertz CT molecular complexity index is 676. The van der Waals surface area contributed by atoms with Crippen molar-refractivity contribution in [3.63, 3.8) is 0 Å². The number of thioether (sulfide) groups is 1. The number of carbonyl (C=O) groups is 2. The number of piperidine rings is 1. The molecule has 1 saturated carbocycles. The lowest BCUT2D eigenvalue weighted by Crippen LogP contribution is -2.53. The molecule has 1 aliphatic carbocycles. The molecule has 0 N–H and O–H groups in total. The molecule has 0 radical (unpaired) electrons. The normalized spacial score (nSPS) is 22.7. The van der Waals surface area contributed by atoms with Crippen LogP contribution in [0.4, 0.5) is 0 Å². The second kappa shape index (κ2) is 6.87. The van der Waals surface area contributed by atoms with E-state index < -0.39 is 0 Å². The van der Waals surface area contributed by atoms with Crippen LogP contribution in [0, 0.1) is 5.92 Å². The first-order valence-electron chi connectivity index (χ1n) is 9.15. The SMILES string of the molecule is O=C(C1CC1)N1CCC2(CC1)SCCN2C(=O)C=Cc1ccccc1. The number of hydrogen-bond acceptors (Lipinski definition) is 3. The van der Waals surface area contributed by atoms with Crippen LogP contribution in [-0.4, -0.2) is 51.9 Å². The second-order valence-corrected chi connectivity index (χ2v) is 8.58. The average molecular weight is 356 g/mol. The Labute approximate surface area is 153 Å². The number of carbonyl (C=O) groups excluding carboxylic acids is 2. The van der Waals surface area contributed by atoms with E-state index in [2.05, 4.69) is 0 Å². The minimum atomic E-state index is -0.113. The molecule has 1 aromatic rings. The summed E-state index contributed by atoms with van der Waals surface area (Å²) < 4.78 is 0. The highest BCUT2D eigenvalue weighted by molar-refractivity contribution is 8.00. The van der Waals surface area contributed by atoms with Gasteiger partial charge in [0.25, 0.3) is 0 Å². The van der Waals surface area contributed by atoms with Gasteiger partial charge in [0, 0.05) is 37.4 Å². The van der Waals surface area contributed by atoms with Gasteiger partial charge in [0.05, 0.1) is 4.87 Å². The fourth-order valence-electron chi connectivity index (χ4n) is 3.82. The lowest BCUT2D eigenvalue weighted by atomic mass is 10.0. The first-order valence-corrected chi connectivity index (χ1v) is 10.1. The summed E-state index contributed by atoms with van der Waals surface area (Å²) in [4.78, 5) is 29.0. The van der Waals surface area contributed by atoms with E-state index in [0.29, 0.717) is 5.91 Å². The van der Waals surface area contributed by atoms with Crippen LogP contribution in [-0.2, 0) is 9.59 Å². The lowest BCUT2D eigenvalue weighted by Gasteiger charge is -2.43. The highest BCUT2D eigenvalue weighted by Gasteiger charge is 2.47. The summed E-state index contributed by atoms with van der Waals surface area (Å²) in [6.45, 7) is 2.38. The molecule has 1 aromatic carbocycles. The van der Waals surface area contributed by atoms with Crippen LogP contribution in [0.3, 0.4) is 0 Å². The number of nitrogens with zero attached hydrogens (tertiary/aromatic N) is 2. The van der Waals surface area contributed by atoms with Gasteiger partial charge in [0.15, 0.2) is 0 Å². The van der Waals surface area contributed by atoms with Gasteiger partial charge < -0.3 is 9.80 Å². The summed E-state index contributed by atoms with van der Waals surface area (Å²) in [5, 5.41) is 0. The van der Waals surface area contributed by atoms with Crippen LogP contribution in [0.25, 0.3) is 6.08 Å². The monoisotopic (exact) mass is 356 g/mol. The number of rotatable bonds is 3. The van der Waals surface area contributed by atoms with Crippen molar-refractivity contribution in [3.8, 4) is 0 Å². The maximum absolute atomic E-state index is 12.8. The molecule has 25 heavy (non-hydrogen) atoms. The number of hydrogen-bond donors (Lipinski definition) is 0. The molecule has 5 heteroatoms. The Morgan fingerprint density at radius 1 is 1.08 bits per heavy atom. The molecule has 2 saturated heterocycles. The van der Waals surface area contributed by atoms with Crippen LogP contribution >= 0.6 is 11.8 Å². The molecule has 4 nitrogen and oxygen atoms in total. The summed E-state index contributed by atoms with van der Waals surface area (Å²) in [7, 11) is 0. The summed E-state index contributed by atoms with van der Waals surface area (Å²) in [6.07, 6.45) is 7.49. The lowest BCUT2D eigenvalue weighted by molar-refractivity contribution is -0.135. The molecule has 2 aliphatic heterocycles. The molecular weight excluding hydrogens is 332 g/mol. The molecule has 1 spiro atoms. The van der Waals surface area contributed by atoms with Crippen molar-refractivity contribution < 1.29 is 9.59 Å². The molecule has 2 heterocycles. The maximum atomic E-state index is 12.8. The third-order valence-corrected chi connectivity index (χ3v) is 7.00. The van der Waals surface area contributed by atoms with E-state index in [1.807, 2.05) is 58.0 Å². The quantitative estimate of drug-likeness (QED) is 0.782. The van der Waals surface area contributed by atoms with Crippen molar-refractivity contribution >= 4 is 29.7 Å². The van der Waals surface area contributed by atoms with Gasteiger partial charge in [-0.25, -0.2) is 0 Å². The minimum Gasteiger partial charge on any atom is -0.342 e. The maximum Gasteiger partial charge on any atom is 0.247 e. The Morgan fingerprint density at radius 3 is 2.48 bits per heavy atom. The van der Waals surface area contributed by atoms with Gasteiger partial charge in [-0.05, 0) is 37.3 Å². The third kappa shape index (κ3) is 3.47. The summed E-state index contributed by atoms with van der Waals surface area (Å²) >= 11 is 1.89. The van der Waals surface area contributed by atoms with Gasteiger partial charge >= 0.3 is 0 Å². The van der Waals surface area contributed by atoms with E-state index in [9.17, 15) is 9.59 Å². The van der Waals surface area contributed by atoms with Crippen molar-refractivity contribution in [1.29, 1.82) is 0 Å². The summed E-state index contributed by atoms with van der Waals surface area (Å²) in [6, 6.07) is 9.93. The molecule has 4 rings (SSSR count). The molecule has 0 unspecified atom stereocenters. The standard InChI is InChI=1S/C20H24N2O2S/c23-18(9-6-16-4-2-1-3-5-16)22-14-15-25-20(22)10-12-21(13-11-20)19(24)17-7-8-17/h1-6,9,17H,7-8,10-15H2. The van der Waals surface area contributed by atoms with E-state index in [1.54, 1.807) is 6.08 Å². The molecule has 0 aromatic heterocycles. The van der Waals surface area contributed by atoms with Crippen LogP contribution in [0.5, 0.6) is 0 Å². The Kier molecular flexibility index (Phi) is 4.59. The van der Waals surface area contributed by atoms with Gasteiger partial charge in [-0.15, -0.1) is 11.8 Å². The molecule has 2 amide bonds. The number of benzene rings is 1. The van der Waals surface area contributed by atoms with Gasteiger partial charge in [0.1, 0.15) is 0 Å². The molecule has 3 fully saturated rings. The summed E-state index contributed by atoms with van der Waals surface area (Å²) in [5.74, 6) is 1.70. The van der Waals surface area contributed by atoms with E-state index in [0.717, 1.165) is 56.6 Å². The van der Waals surface area contributed by atoms with Crippen molar-refractivity contribution in [2.24, 2.45) is 5.92 Å². The zero-order valence-corrected chi connectivity index (χ0v) is 15.2. The van der Waals surface area contributed by atoms with Gasteiger partial charge in [-0.1, -0.05) is 30.3 Å². The van der Waals surface area contributed by atoms with Crippen LogP contribution in [0.2, 0.25) is 0 Å². The molecule has 3 aliphatic rings. The van der Waals surface area contributed by atoms with E-state index in [4.69, 9.17) is 0 Å². The van der Waals surface area contributed by atoms with E-state index in [1.165, 1.54) is 0 Å². The summed E-state index contributed by atoms with van der Waals surface area (Å²) in [5.41, 5.74) is 1.04. The smallest absolute Gasteiger partial charge is 0.247 e. The van der Waals surface area contributed by atoms with Crippen LogP contribution in [0.15, 0.2) is 36.4 Å². The largest absolute Gasteiger partial charge is 0.342 e. The molecular formula is C20H24N2O2S. The van der Waals surface area contributed by atoms with Gasteiger partial charge in [0.2, 0.25) is 11.8 Å². The predicted octanol–water partition coefficient (Wildman–Crippen LogP) is 3.00. The van der Waals surface area contributed by atoms with Crippen molar-refractivity contribution in [3.05, 3.63) is 42.0 Å².